The monoisotopic (exact) mass is 247 g/mol. The van der Waals surface area contributed by atoms with Crippen LogP contribution in [0.15, 0.2) is 24.3 Å². The summed E-state index contributed by atoms with van der Waals surface area (Å²) in [6.07, 6.45) is 3.13. The Morgan fingerprint density at radius 1 is 1.50 bits per heavy atom. The van der Waals surface area contributed by atoms with Gasteiger partial charge in [-0.15, -0.1) is 0 Å². The molecule has 0 saturated carbocycles. The summed E-state index contributed by atoms with van der Waals surface area (Å²) in [6, 6.07) is 7.50. The highest BCUT2D eigenvalue weighted by Crippen LogP contribution is 2.39. The van der Waals surface area contributed by atoms with Crippen LogP contribution in [0.3, 0.4) is 0 Å². The van der Waals surface area contributed by atoms with Gasteiger partial charge in [0.25, 0.3) is 0 Å². The van der Waals surface area contributed by atoms with Crippen LogP contribution in [0.25, 0.3) is 0 Å². The number of carbonyl (C=O) groups is 1. The predicted octanol–water partition coefficient (Wildman–Crippen LogP) is 2.68. The number of phenols is 1. The molecular formula is C15H21NO2. The number of aromatic hydroxyl groups is 1. The van der Waals surface area contributed by atoms with Crippen molar-refractivity contribution in [3.63, 3.8) is 0 Å². The summed E-state index contributed by atoms with van der Waals surface area (Å²) < 4.78 is 0. The summed E-state index contributed by atoms with van der Waals surface area (Å²) in [4.78, 5) is 13.4. The Morgan fingerprint density at radius 3 is 2.83 bits per heavy atom. The van der Waals surface area contributed by atoms with Gasteiger partial charge in [-0.2, -0.15) is 0 Å². The van der Waals surface area contributed by atoms with Gasteiger partial charge in [-0.25, -0.2) is 0 Å². The molecule has 0 radical (unpaired) electrons. The van der Waals surface area contributed by atoms with E-state index in [0.717, 1.165) is 37.9 Å². The molecule has 1 amide bonds. The fourth-order valence-electron chi connectivity index (χ4n) is 3.04. The maximum Gasteiger partial charge on any atom is 0.219 e. The average Bonchev–Trinajstić information content (AvgIpc) is 2.75. The Kier molecular flexibility index (Phi) is 3.60. The quantitative estimate of drug-likeness (QED) is 0.892. The van der Waals surface area contributed by atoms with Gasteiger partial charge >= 0.3 is 0 Å². The first-order valence-corrected chi connectivity index (χ1v) is 6.62. The molecule has 0 spiro atoms. The van der Waals surface area contributed by atoms with Gasteiger partial charge in [0.15, 0.2) is 0 Å². The van der Waals surface area contributed by atoms with E-state index < -0.39 is 0 Å². The number of likely N-dealkylation sites (tertiary alicyclic amines) is 1. The lowest BCUT2D eigenvalue weighted by Gasteiger charge is -2.29. The minimum absolute atomic E-state index is 0.0269. The van der Waals surface area contributed by atoms with E-state index in [1.807, 2.05) is 17.0 Å². The van der Waals surface area contributed by atoms with Crippen molar-refractivity contribution in [1.82, 2.24) is 4.90 Å². The number of phenolic OH excluding ortho intramolecular Hbond substituents is 1. The van der Waals surface area contributed by atoms with Crippen molar-refractivity contribution in [3.05, 3.63) is 29.8 Å². The second-order valence-corrected chi connectivity index (χ2v) is 5.27. The van der Waals surface area contributed by atoms with Crippen LogP contribution in [-0.2, 0) is 10.2 Å². The van der Waals surface area contributed by atoms with Gasteiger partial charge in [-0.1, -0.05) is 25.5 Å². The first kappa shape index (κ1) is 12.9. The normalized spacial score (nSPS) is 23.3. The maximum atomic E-state index is 11.5. The third kappa shape index (κ3) is 2.35. The van der Waals surface area contributed by atoms with Gasteiger partial charge in [0, 0.05) is 25.4 Å². The maximum absolute atomic E-state index is 11.5. The Labute approximate surface area is 108 Å². The van der Waals surface area contributed by atoms with Gasteiger partial charge in [0.05, 0.1) is 0 Å². The zero-order chi connectivity index (χ0) is 13.2. The van der Waals surface area contributed by atoms with Crippen LogP contribution >= 0.6 is 0 Å². The molecule has 1 saturated heterocycles. The molecule has 18 heavy (non-hydrogen) atoms. The highest BCUT2D eigenvalue weighted by Gasteiger charge is 2.39. The van der Waals surface area contributed by atoms with Crippen LogP contribution in [0.5, 0.6) is 5.75 Å². The summed E-state index contributed by atoms with van der Waals surface area (Å²) >= 11 is 0. The summed E-state index contributed by atoms with van der Waals surface area (Å²) in [6.45, 7) is 5.40. The SMILES string of the molecule is CCCC1(c2cccc(O)c2)CCN(C(C)=O)C1. The lowest BCUT2D eigenvalue weighted by Crippen LogP contribution is -2.33. The van der Waals surface area contributed by atoms with Crippen LogP contribution in [0.4, 0.5) is 0 Å². The highest BCUT2D eigenvalue weighted by atomic mass is 16.3. The Bertz CT molecular complexity index is 444. The van der Waals surface area contributed by atoms with Crippen LogP contribution in [-0.4, -0.2) is 29.0 Å². The molecule has 1 aliphatic heterocycles. The molecule has 1 aliphatic rings. The van der Waals surface area contributed by atoms with Crippen molar-refractivity contribution in [2.45, 2.75) is 38.5 Å². The molecule has 1 aromatic rings. The second kappa shape index (κ2) is 5.01. The van der Waals surface area contributed by atoms with E-state index in [1.54, 1.807) is 13.0 Å². The Balaban J connectivity index is 2.31. The number of carbonyl (C=O) groups excluding carboxylic acids is 1. The topological polar surface area (TPSA) is 40.5 Å². The largest absolute Gasteiger partial charge is 0.508 e. The summed E-state index contributed by atoms with van der Waals surface area (Å²) in [7, 11) is 0. The highest BCUT2D eigenvalue weighted by molar-refractivity contribution is 5.73. The van der Waals surface area contributed by atoms with Crippen molar-refractivity contribution < 1.29 is 9.90 Å². The molecule has 0 aliphatic carbocycles. The molecule has 1 unspecified atom stereocenters. The molecule has 2 rings (SSSR count). The lowest BCUT2D eigenvalue weighted by molar-refractivity contribution is -0.128. The smallest absolute Gasteiger partial charge is 0.219 e. The van der Waals surface area contributed by atoms with Gasteiger partial charge in [0.1, 0.15) is 5.75 Å². The number of hydrogen-bond acceptors (Lipinski definition) is 2. The van der Waals surface area contributed by atoms with E-state index in [1.165, 1.54) is 0 Å². The number of hydrogen-bond donors (Lipinski definition) is 1. The zero-order valence-corrected chi connectivity index (χ0v) is 11.1. The van der Waals surface area contributed by atoms with E-state index in [4.69, 9.17) is 0 Å². The van der Waals surface area contributed by atoms with Crippen molar-refractivity contribution in [2.24, 2.45) is 0 Å². The van der Waals surface area contributed by atoms with Crippen LogP contribution in [0.1, 0.15) is 38.7 Å². The molecule has 0 bridgehead atoms. The molecular weight excluding hydrogens is 226 g/mol. The van der Waals surface area contributed by atoms with Crippen LogP contribution < -0.4 is 0 Å². The number of amides is 1. The van der Waals surface area contributed by atoms with E-state index in [9.17, 15) is 9.90 Å². The Morgan fingerprint density at radius 2 is 2.28 bits per heavy atom. The number of nitrogens with zero attached hydrogens (tertiary/aromatic N) is 1. The molecule has 3 heteroatoms. The first-order chi connectivity index (χ1) is 8.57. The summed E-state index contributed by atoms with van der Waals surface area (Å²) in [5, 5.41) is 9.65. The molecule has 1 aromatic carbocycles. The molecule has 1 N–H and O–H groups in total. The van der Waals surface area contributed by atoms with E-state index in [2.05, 4.69) is 13.0 Å². The minimum atomic E-state index is 0.0269. The van der Waals surface area contributed by atoms with E-state index in [0.29, 0.717) is 5.75 Å². The average molecular weight is 247 g/mol. The fourth-order valence-corrected chi connectivity index (χ4v) is 3.04. The van der Waals surface area contributed by atoms with Crippen molar-refractivity contribution in [3.8, 4) is 5.75 Å². The van der Waals surface area contributed by atoms with Crippen molar-refractivity contribution in [1.29, 1.82) is 0 Å². The number of benzene rings is 1. The van der Waals surface area contributed by atoms with Gasteiger partial charge in [-0.05, 0) is 30.5 Å². The zero-order valence-electron chi connectivity index (χ0n) is 11.1. The lowest BCUT2D eigenvalue weighted by atomic mass is 9.76. The van der Waals surface area contributed by atoms with Crippen LogP contribution in [0, 0.1) is 0 Å². The predicted molar refractivity (Wildman–Crippen MR) is 71.6 cm³/mol. The van der Waals surface area contributed by atoms with E-state index >= 15 is 0 Å². The molecule has 98 valence electrons. The fraction of sp³-hybridized carbons (Fsp3) is 0.533. The standard InChI is InChI=1S/C15H21NO2/c1-3-7-15(8-9-16(11-15)12(2)17)13-5-4-6-14(18)10-13/h4-6,10,18H,3,7-9,11H2,1-2H3. The summed E-state index contributed by atoms with van der Waals surface area (Å²) in [5.74, 6) is 0.456. The third-order valence-corrected chi connectivity index (χ3v) is 3.99. The van der Waals surface area contributed by atoms with Crippen LogP contribution in [0.2, 0.25) is 0 Å². The molecule has 1 heterocycles. The van der Waals surface area contributed by atoms with Gasteiger partial charge < -0.3 is 10.0 Å². The van der Waals surface area contributed by atoms with Crippen molar-refractivity contribution >= 4 is 5.91 Å². The molecule has 1 fully saturated rings. The Hall–Kier alpha value is -1.51. The third-order valence-electron chi connectivity index (χ3n) is 3.99. The summed E-state index contributed by atoms with van der Waals surface area (Å²) in [5.41, 5.74) is 1.19. The van der Waals surface area contributed by atoms with Crippen molar-refractivity contribution in [2.75, 3.05) is 13.1 Å². The molecule has 1 atom stereocenters. The molecule has 3 nitrogen and oxygen atoms in total. The van der Waals surface area contributed by atoms with E-state index in [-0.39, 0.29) is 11.3 Å². The first-order valence-electron chi connectivity index (χ1n) is 6.62. The van der Waals surface area contributed by atoms with Gasteiger partial charge in [-0.3, -0.25) is 4.79 Å². The second-order valence-electron chi connectivity index (χ2n) is 5.27. The van der Waals surface area contributed by atoms with Gasteiger partial charge in [0.2, 0.25) is 5.91 Å². The molecule has 0 aromatic heterocycles. The number of rotatable bonds is 3. The minimum Gasteiger partial charge on any atom is -0.508 e.